The first kappa shape index (κ1) is 16.5. The summed E-state index contributed by atoms with van der Waals surface area (Å²) in [5, 5.41) is 1.77. The Hall–Kier alpha value is -2.31. The molecule has 0 spiro atoms. The van der Waals surface area contributed by atoms with Crippen molar-refractivity contribution in [3.63, 3.8) is 0 Å². The summed E-state index contributed by atoms with van der Waals surface area (Å²) in [6, 6.07) is 9.87. The topological polar surface area (TPSA) is 34.4 Å². The third-order valence-corrected chi connectivity index (χ3v) is 4.58. The number of rotatable bonds is 2. The van der Waals surface area contributed by atoms with Gasteiger partial charge >= 0.3 is 0 Å². The van der Waals surface area contributed by atoms with E-state index in [1.807, 2.05) is 6.92 Å². The molecule has 0 radical (unpaired) electrons. The van der Waals surface area contributed by atoms with E-state index in [9.17, 15) is 13.6 Å². The summed E-state index contributed by atoms with van der Waals surface area (Å²) >= 11 is 7.05. The number of carbonyl (C=O) groups excluding carboxylic acids is 1. The number of amides is 1. The molecule has 3 aromatic rings. The van der Waals surface area contributed by atoms with Gasteiger partial charge in [-0.15, -0.1) is 11.3 Å². The van der Waals surface area contributed by atoms with Crippen LogP contribution >= 0.6 is 22.9 Å². The molecule has 0 bridgehead atoms. The Balaban J connectivity index is 2.12. The molecule has 3 nitrogen and oxygen atoms in total. The monoisotopic (exact) mass is 364 g/mol. The second-order valence-corrected chi connectivity index (χ2v) is 6.23. The van der Waals surface area contributed by atoms with Crippen LogP contribution in [-0.4, -0.2) is 10.5 Å². The Morgan fingerprint density at radius 3 is 2.62 bits per heavy atom. The lowest BCUT2D eigenvalue weighted by atomic mass is 10.2. The summed E-state index contributed by atoms with van der Waals surface area (Å²) in [5.74, 6) is -1.84. The summed E-state index contributed by atoms with van der Waals surface area (Å²) < 4.78 is 28.7. The maximum absolute atomic E-state index is 13.7. The van der Waals surface area contributed by atoms with E-state index in [4.69, 9.17) is 11.6 Å². The van der Waals surface area contributed by atoms with Crippen LogP contribution in [-0.2, 0) is 0 Å². The van der Waals surface area contributed by atoms with Gasteiger partial charge in [0.2, 0.25) is 0 Å². The number of thiazole rings is 1. The number of benzene rings is 2. The van der Waals surface area contributed by atoms with Crippen molar-refractivity contribution in [2.45, 2.75) is 6.92 Å². The van der Waals surface area contributed by atoms with Crippen molar-refractivity contribution in [3.8, 4) is 5.69 Å². The molecule has 0 aliphatic heterocycles. The van der Waals surface area contributed by atoms with Crippen LogP contribution < -0.4 is 4.80 Å². The Bertz CT molecular complexity index is 994. The van der Waals surface area contributed by atoms with Gasteiger partial charge in [0, 0.05) is 16.8 Å². The van der Waals surface area contributed by atoms with Crippen molar-refractivity contribution in [2.75, 3.05) is 0 Å². The Morgan fingerprint density at radius 1 is 1.17 bits per heavy atom. The lowest BCUT2D eigenvalue weighted by Gasteiger charge is -2.07. The molecule has 0 fully saturated rings. The van der Waals surface area contributed by atoms with Crippen molar-refractivity contribution in [1.82, 2.24) is 4.57 Å². The van der Waals surface area contributed by atoms with Crippen LogP contribution in [0, 0.1) is 18.6 Å². The van der Waals surface area contributed by atoms with Crippen molar-refractivity contribution in [1.29, 1.82) is 0 Å². The van der Waals surface area contributed by atoms with E-state index in [0.29, 0.717) is 10.5 Å². The highest BCUT2D eigenvalue weighted by Crippen LogP contribution is 2.19. The van der Waals surface area contributed by atoms with Gasteiger partial charge in [0.05, 0.1) is 10.6 Å². The normalized spacial score (nSPS) is 11.8. The highest BCUT2D eigenvalue weighted by atomic mass is 35.5. The van der Waals surface area contributed by atoms with Crippen molar-refractivity contribution < 1.29 is 13.6 Å². The fourth-order valence-electron chi connectivity index (χ4n) is 2.19. The molecule has 24 heavy (non-hydrogen) atoms. The molecule has 122 valence electrons. The molecule has 0 unspecified atom stereocenters. The minimum atomic E-state index is -0.683. The predicted octanol–water partition coefficient (Wildman–Crippen LogP) is 4.52. The minimum absolute atomic E-state index is 0.0306. The van der Waals surface area contributed by atoms with Gasteiger partial charge in [0.1, 0.15) is 11.6 Å². The fourth-order valence-corrected chi connectivity index (χ4v) is 3.24. The van der Waals surface area contributed by atoms with Crippen LogP contribution in [0.25, 0.3) is 5.69 Å². The molecular formula is C17H11ClF2N2OS. The lowest BCUT2D eigenvalue weighted by Crippen LogP contribution is -2.17. The Kier molecular flexibility index (Phi) is 4.59. The van der Waals surface area contributed by atoms with E-state index in [1.54, 1.807) is 16.0 Å². The molecule has 0 aliphatic rings. The number of aryl methyl sites for hydroxylation is 1. The summed E-state index contributed by atoms with van der Waals surface area (Å²) in [6.45, 7) is 1.82. The number of halogens is 3. The molecule has 7 heteroatoms. The zero-order valence-corrected chi connectivity index (χ0v) is 14.0. The third kappa shape index (κ3) is 3.16. The smallest absolute Gasteiger partial charge is 0.282 e. The quantitative estimate of drug-likeness (QED) is 0.658. The third-order valence-electron chi connectivity index (χ3n) is 3.34. The Morgan fingerprint density at radius 2 is 1.92 bits per heavy atom. The second-order valence-electron chi connectivity index (χ2n) is 4.99. The zero-order chi connectivity index (χ0) is 17.3. The fraction of sp³-hybridized carbons (Fsp3) is 0.0588. The van der Waals surface area contributed by atoms with E-state index in [0.717, 1.165) is 5.69 Å². The number of hydrogen-bond donors (Lipinski definition) is 0. The first-order valence-corrected chi connectivity index (χ1v) is 8.19. The van der Waals surface area contributed by atoms with Crippen molar-refractivity contribution in [3.05, 3.63) is 80.6 Å². The van der Waals surface area contributed by atoms with E-state index >= 15 is 0 Å². The van der Waals surface area contributed by atoms with E-state index in [2.05, 4.69) is 4.99 Å². The van der Waals surface area contributed by atoms with Crippen LogP contribution in [0.4, 0.5) is 8.78 Å². The van der Waals surface area contributed by atoms with Crippen LogP contribution in [0.5, 0.6) is 0 Å². The summed E-state index contributed by atoms with van der Waals surface area (Å²) in [6.07, 6.45) is 0. The molecule has 0 saturated heterocycles. The van der Waals surface area contributed by atoms with Crippen LogP contribution in [0.3, 0.4) is 0 Å². The molecule has 1 amide bonds. The first-order valence-electron chi connectivity index (χ1n) is 6.93. The van der Waals surface area contributed by atoms with Gasteiger partial charge in [-0.25, -0.2) is 8.78 Å². The number of aromatic nitrogens is 1. The average molecular weight is 365 g/mol. The highest BCUT2D eigenvalue weighted by molar-refractivity contribution is 7.07. The number of nitrogens with zero attached hydrogens (tertiary/aromatic N) is 2. The summed E-state index contributed by atoms with van der Waals surface area (Å²) in [5.41, 5.74) is 1.26. The van der Waals surface area contributed by atoms with Crippen molar-refractivity contribution >= 4 is 28.8 Å². The number of hydrogen-bond acceptors (Lipinski definition) is 2. The lowest BCUT2D eigenvalue weighted by molar-refractivity contribution is 0.0994. The van der Waals surface area contributed by atoms with E-state index in [1.165, 1.54) is 47.7 Å². The highest BCUT2D eigenvalue weighted by Gasteiger charge is 2.12. The predicted molar refractivity (Wildman–Crippen MR) is 89.6 cm³/mol. The van der Waals surface area contributed by atoms with Gasteiger partial charge in [-0.1, -0.05) is 23.7 Å². The van der Waals surface area contributed by atoms with E-state index < -0.39 is 17.5 Å². The average Bonchev–Trinajstić information content (AvgIpc) is 2.91. The van der Waals surface area contributed by atoms with E-state index in [-0.39, 0.29) is 10.6 Å². The maximum atomic E-state index is 13.7. The van der Waals surface area contributed by atoms with Gasteiger partial charge in [-0.2, -0.15) is 4.99 Å². The molecule has 0 saturated carbocycles. The minimum Gasteiger partial charge on any atom is -0.290 e. The van der Waals surface area contributed by atoms with Crippen molar-refractivity contribution in [2.24, 2.45) is 4.99 Å². The molecule has 0 atom stereocenters. The van der Waals surface area contributed by atoms with Crippen LogP contribution in [0.2, 0.25) is 5.02 Å². The van der Waals surface area contributed by atoms with Crippen LogP contribution in [0.15, 0.2) is 52.8 Å². The molecular weight excluding hydrogens is 354 g/mol. The molecule has 0 aliphatic carbocycles. The molecule has 0 N–H and O–H groups in total. The molecule has 1 aromatic heterocycles. The van der Waals surface area contributed by atoms with Gasteiger partial charge in [-0.3, -0.25) is 9.36 Å². The second kappa shape index (κ2) is 6.67. The van der Waals surface area contributed by atoms with Gasteiger partial charge in [0.25, 0.3) is 5.91 Å². The SMILES string of the molecule is Cc1csc(=NC(=O)c2ccccc2F)n1-c1ccc(F)c(Cl)c1. The molecule has 2 aromatic carbocycles. The van der Waals surface area contributed by atoms with Gasteiger partial charge < -0.3 is 0 Å². The number of carbonyl (C=O) groups is 1. The first-order chi connectivity index (χ1) is 11.5. The molecule has 3 rings (SSSR count). The van der Waals surface area contributed by atoms with Crippen LogP contribution in [0.1, 0.15) is 16.1 Å². The standard InChI is InChI=1S/C17H11ClF2N2OS/c1-10-9-24-17(21-16(23)12-4-2-3-5-14(12)19)22(10)11-6-7-15(20)13(18)8-11/h2-9H,1H3. The summed E-state index contributed by atoms with van der Waals surface area (Å²) in [4.78, 5) is 16.6. The maximum Gasteiger partial charge on any atom is 0.282 e. The summed E-state index contributed by atoms with van der Waals surface area (Å²) in [7, 11) is 0. The Labute approximate surface area is 145 Å². The molecule has 1 heterocycles. The largest absolute Gasteiger partial charge is 0.290 e. The van der Waals surface area contributed by atoms with Gasteiger partial charge in [-0.05, 0) is 37.3 Å². The van der Waals surface area contributed by atoms with Gasteiger partial charge in [0.15, 0.2) is 4.80 Å². The zero-order valence-electron chi connectivity index (χ0n) is 12.5.